The molecule has 1 atom stereocenters. The van der Waals surface area contributed by atoms with Gasteiger partial charge in [-0.15, -0.1) is 0 Å². The van der Waals surface area contributed by atoms with Crippen LogP contribution in [0, 0.1) is 11.7 Å². The van der Waals surface area contributed by atoms with Crippen LogP contribution in [0.4, 0.5) is 10.1 Å². The molecule has 0 aliphatic heterocycles. The van der Waals surface area contributed by atoms with Crippen molar-refractivity contribution in [2.75, 3.05) is 5.32 Å². The molecular formula is C22H26ClFN2O2. The summed E-state index contributed by atoms with van der Waals surface area (Å²) in [6.07, 6.45) is 0.469. The fraction of sp³-hybridized carbons (Fsp3) is 0.364. The molecule has 0 bridgehead atoms. The monoisotopic (exact) mass is 404 g/mol. The lowest BCUT2D eigenvalue weighted by molar-refractivity contribution is -0.118. The van der Waals surface area contributed by atoms with Crippen molar-refractivity contribution in [3.63, 3.8) is 0 Å². The van der Waals surface area contributed by atoms with Gasteiger partial charge in [-0.1, -0.05) is 51.4 Å². The SMILES string of the molecule is CC(C)CC(NC(=O)c1ccc(C(C)C)cc1)C(=O)Nc1ccc(F)c(Cl)c1. The first-order valence-electron chi connectivity index (χ1n) is 9.34. The van der Waals surface area contributed by atoms with Crippen molar-refractivity contribution in [2.24, 2.45) is 5.92 Å². The standard InChI is InChI=1S/C22H26ClFN2O2/c1-13(2)11-20(22(28)25-17-9-10-19(24)18(23)12-17)26-21(27)16-7-5-15(6-8-16)14(3)4/h5-10,12-14,20H,11H2,1-4H3,(H,25,28)(H,26,27). The number of carbonyl (C=O) groups is 2. The van der Waals surface area contributed by atoms with Crippen LogP contribution in [-0.2, 0) is 4.79 Å². The third-order valence-electron chi connectivity index (χ3n) is 4.36. The van der Waals surface area contributed by atoms with Gasteiger partial charge in [-0.25, -0.2) is 4.39 Å². The van der Waals surface area contributed by atoms with Crippen LogP contribution < -0.4 is 10.6 Å². The molecular weight excluding hydrogens is 379 g/mol. The maximum atomic E-state index is 13.3. The maximum Gasteiger partial charge on any atom is 0.251 e. The van der Waals surface area contributed by atoms with E-state index in [0.29, 0.717) is 23.6 Å². The predicted octanol–water partition coefficient (Wildman–Crippen LogP) is 5.39. The van der Waals surface area contributed by atoms with Crippen LogP contribution in [0.5, 0.6) is 0 Å². The van der Waals surface area contributed by atoms with E-state index in [9.17, 15) is 14.0 Å². The minimum Gasteiger partial charge on any atom is -0.340 e. The van der Waals surface area contributed by atoms with E-state index in [-0.39, 0.29) is 22.8 Å². The molecule has 0 spiro atoms. The van der Waals surface area contributed by atoms with E-state index in [2.05, 4.69) is 24.5 Å². The van der Waals surface area contributed by atoms with Gasteiger partial charge in [0.1, 0.15) is 11.9 Å². The molecule has 2 amide bonds. The molecule has 4 nitrogen and oxygen atoms in total. The van der Waals surface area contributed by atoms with Crippen LogP contribution in [0.2, 0.25) is 5.02 Å². The normalized spacial score (nSPS) is 12.1. The summed E-state index contributed by atoms with van der Waals surface area (Å²) in [5, 5.41) is 5.42. The highest BCUT2D eigenvalue weighted by Crippen LogP contribution is 2.20. The molecule has 0 radical (unpaired) electrons. The maximum absolute atomic E-state index is 13.3. The van der Waals surface area contributed by atoms with Crippen molar-refractivity contribution in [1.29, 1.82) is 0 Å². The number of carbonyl (C=O) groups excluding carboxylic acids is 2. The molecule has 0 saturated carbocycles. The molecule has 0 saturated heterocycles. The number of nitrogens with one attached hydrogen (secondary N) is 2. The third kappa shape index (κ3) is 6.06. The van der Waals surface area contributed by atoms with Crippen molar-refractivity contribution >= 4 is 29.1 Å². The zero-order valence-corrected chi connectivity index (χ0v) is 17.3. The molecule has 2 rings (SSSR count). The zero-order valence-electron chi connectivity index (χ0n) is 16.6. The Kier molecular flexibility index (Phi) is 7.58. The summed E-state index contributed by atoms with van der Waals surface area (Å²) < 4.78 is 13.3. The van der Waals surface area contributed by atoms with Gasteiger partial charge in [0.25, 0.3) is 5.91 Å². The average Bonchev–Trinajstić information content (AvgIpc) is 2.63. The zero-order chi connectivity index (χ0) is 20.8. The summed E-state index contributed by atoms with van der Waals surface area (Å²) in [5.41, 5.74) is 2.01. The summed E-state index contributed by atoms with van der Waals surface area (Å²) in [6.45, 7) is 8.11. The molecule has 0 aliphatic rings. The van der Waals surface area contributed by atoms with Gasteiger partial charge in [-0.3, -0.25) is 9.59 Å². The lowest BCUT2D eigenvalue weighted by Crippen LogP contribution is -2.44. The highest BCUT2D eigenvalue weighted by molar-refractivity contribution is 6.31. The number of amides is 2. The molecule has 2 aromatic rings. The average molecular weight is 405 g/mol. The third-order valence-corrected chi connectivity index (χ3v) is 4.65. The molecule has 28 heavy (non-hydrogen) atoms. The number of hydrogen-bond acceptors (Lipinski definition) is 2. The smallest absolute Gasteiger partial charge is 0.251 e. The van der Waals surface area contributed by atoms with Crippen LogP contribution in [0.3, 0.4) is 0 Å². The fourth-order valence-corrected chi connectivity index (χ4v) is 2.95. The van der Waals surface area contributed by atoms with Crippen LogP contribution in [0.25, 0.3) is 0 Å². The van der Waals surface area contributed by atoms with Crippen molar-refractivity contribution in [2.45, 2.75) is 46.1 Å². The Labute approximate surface area is 170 Å². The van der Waals surface area contributed by atoms with Crippen molar-refractivity contribution in [3.05, 3.63) is 64.4 Å². The van der Waals surface area contributed by atoms with Crippen LogP contribution in [-0.4, -0.2) is 17.9 Å². The summed E-state index contributed by atoms with van der Waals surface area (Å²) in [5.74, 6) is -0.677. The minimum absolute atomic E-state index is 0.0764. The van der Waals surface area contributed by atoms with E-state index in [0.717, 1.165) is 5.56 Å². The lowest BCUT2D eigenvalue weighted by Gasteiger charge is -2.20. The highest BCUT2D eigenvalue weighted by atomic mass is 35.5. The van der Waals surface area contributed by atoms with Gasteiger partial charge in [-0.05, 0) is 54.2 Å². The molecule has 0 aromatic heterocycles. The van der Waals surface area contributed by atoms with E-state index in [1.165, 1.54) is 18.2 Å². The Morgan fingerprint density at radius 2 is 1.68 bits per heavy atom. The van der Waals surface area contributed by atoms with Gasteiger partial charge in [0.05, 0.1) is 5.02 Å². The summed E-state index contributed by atoms with van der Waals surface area (Å²) in [7, 11) is 0. The number of hydrogen-bond donors (Lipinski definition) is 2. The van der Waals surface area contributed by atoms with Crippen molar-refractivity contribution in [3.8, 4) is 0 Å². The molecule has 0 aliphatic carbocycles. The first-order valence-corrected chi connectivity index (χ1v) is 9.72. The number of anilines is 1. The Morgan fingerprint density at radius 1 is 1.04 bits per heavy atom. The highest BCUT2D eigenvalue weighted by Gasteiger charge is 2.23. The van der Waals surface area contributed by atoms with Gasteiger partial charge in [0.15, 0.2) is 0 Å². The Hall–Kier alpha value is -2.40. The number of benzene rings is 2. The first kappa shape index (κ1) is 21.9. The minimum atomic E-state index is -0.721. The van der Waals surface area contributed by atoms with Gasteiger partial charge in [-0.2, -0.15) is 0 Å². The second-order valence-electron chi connectivity index (χ2n) is 7.55. The lowest BCUT2D eigenvalue weighted by atomic mass is 10.0. The Balaban J connectivity index is 2.12. The van der Waals surface area contributed by atoms with Crippen LogP contribution >= 0.6 is 11.6 Å². The fourth-order valence-electron chi connectivity index (χ4n) is 2.77. The molecule has 2 aromatic carbocycles. The number of rotatable bonds is 7. The summed E-state index contributed by atoms with van der Waals surface area (Å²) in [6, 6.07) is 10.6. The quantitative estimate of drug-likeness (QED) is 0.650. The Bertz CT molecular complexity index is 835. The molecule has 1 unspecified atom stereocenters. The first-order chi connectivity index (χ1) is 13.2. The van der Waals surface area contributed by atoms with E-state index < -0.39 is 11.9 Å². The van der Waals surface area contributed by atoms with E-state index >= 15 is 0 Å². The van der Waals surface area contributed by atoms with Crippen molar-refractivity contribution in [1.82, 2.24) is 5.32 Å². The van der Waals surface area contributed by atoms with Crippen LogP contribution in [0.15, 0.2) is 42.5 Å². The second kappa shape index (κ2) is 9.69. The topological polar surface area (TPSA) is 58.2 Å². The second-order valence-corrected chi connectivity index (χ2v) is 7.96. The van der Waals surface area contributed by atoms with E-state index in [1.54, 1.807) is 12.1 Å². The molecule has 0 heterocycles. The van der Waals surface area contributed by atoms with E-state index in [4.69, 9.17) is 11.6 Å². The molecule has 0 fully saturated rings. The van der Waals surface area contributed by atoms with Gasteiger partial charge >= 0.3 is 0 Å². The summed E-state index contributed by atoms with van der Waals surface area (Å²) in [4.78, 5) is 25.3. The van der Waals surface area contributed by atoms with Crippen molar-refractivity contribution < 1.29 is 14.0 Å². The number of halogens is 2. The Morgan fingerprint density at radius 3 is 2.21 bits per heavy atom. The molecule has 6 heteroatoms. The summed E-state index contributed by atoms with van der Waals surface area (Å²) >= 11 is 5.76. The largest absolute Gasteiger partial charge is 0.340 e. The van der Waals surface area contributed by atoms with Gasteiger partial charge in [0, 0.05) is 11.3 Å². The van der Waals surface area contributed by atoms with E-state index in [1.807, 2.05) is 26.0 Å². The molecule has 2 N–H and O–H groups in total. The predicted molar refractivity (Wildman–Crippen MR) is 111 cm³/mol. The molecule has 150 valence electrons. The van der Waals surface area contributed by atoms with Gasteiger partial charge < -0.3 is 10.6 Å². The van der Waals surface area contributed by atoms with Gasteiger partial charge in [0.2, 0.25) is 5.91 Å². The van der Waals surface area contributed by atoms with Crippen LogP contribution in [0.1, 0.15) is 56.0 Å².